The van der Waals surface area contributed by atoms with Crippen LogP contribution < -0.4 is 4.90 Å². The maximum absolute atomic E-state index is 13.6. The third kappa shape index (κ3) is 4.84. The van der Waals surface area contributed by atoms with E-state index in [1.165, 1.54) is 12.1 Å². The summed E-state index contributed by atoms with van der Waals surface area (Å²) in [7, 11) is 0. The van der Waals surface area contributed by atoms with Crippen LogP contribution >= 0.6 is 0 Å². The average Bonchev–Trinajstić information content (AvgIpc) is 2.70. The van der Waals surface area contributed by atoms with E-state index in [2.05, 4.69) is 4.90 Å². The first-order valence-corrected chi connectivity index (χ1v) is 9.06. The number of benzene rings is 2. The fraction of sp³-hybridized carbons (Fsp3) is 0.333. The van der Waals surface area contributed by atoms with Crippen LogP contribution in [0.5, 0.6) is 0 Å². The number of amides is 1. The van der Waals surface area contributed by atoms with Crippen molar-refractivity contribution in [2.45, 2.75) is 19.4 Å². The van der Waals surface area contributed by atoms with Crippen molar-refractivity contribution in [2.75, 3.05) is 31.1 Å². The van der Waals surface area contributed by atoms with Crippen LogP contribution in [0.3, 0.4) is 0 Å². The Labute approximate surface area is 158 Å². The summed E-state index contributed by atoms with van der Waals surface area (Å²) in [5, 5.41) is 0. The zero-order chi connectivity index (χ0) is 19.2. The lowest BCUT2D eigenvalue weighted by atomic mass is 10.1. The van der Waals surface area contributed by atoms with Crippen molar-refractivity contribution in [3.05, 3.63) is 66.0 Å². The van der Waals surface area contributed by atoms with Gasteiger partial charge >= 0.3 is 5.97 Å². The van der Waals surface area contributed by atoms with Crippen LogP contribution in [0.15, 0.2) is 54.6 Å². The number of anilines is 1. The predicted molar refractivity (Wildman–Crippen MR) is 101 cm³/mol. The van der Waals surface area contributed by atoms with Gasteiger partial charge in [0.1, 0.15) is 5.82 Å². The van der Waals surface area contributed by atoms with Gasteiger partial charge < -0.3 is 14.5 Å². The summed E-state index contributed by atoms with van der Waals surface area (Å²) in [5.41, 5.74) is 1.40. The van der Waals surface area contributed by atoms with E-state index in [9.17, 15) is 14.0 Å². The summed E-state index contributed by atoms with van der Waals surface area (Å²) >= 11 is 0. The molecule has 0 aromatic heterocycles. The zero-order valence-corrected chi connectivity index (χ0v) is 15.3. The molecule has 1 heterocycles. The molecule has 0 radical (unpaired) electrons. The van der Waals surface area contributed by atoms with E-state index in [0.29, 0.717) is 13.1 Å². The highest BCUT2D eigenvalue weighted by molar-refractivity contribution is 5.84. The SMILES string of the molecule is CC(OC(=O)Cc1ccccc1F)C(=O)N1CCN(c2ccccc2)CC1. The Kier molecular flexibility index (Phi) is 6.06. The Balaban J connectivity index is 1.49. The van der Waals surface area contributed by atoms with Gasteiger partial charge in [0, 0.05) is 31.9 Å². The van der Waals surface area contributed by atoms with Crippen molar-refractivity contribution >= 4 is 17.6 Å². The summed E-state index contributed by atoms with van der Waals surface area (Å²) < 4.78 is 18.9. The lowest BCUT2D eigenvalue weighted by Crippen LogP contribution is -2.51. The summed E-state index contributed by atoms with van der Waals surface area (Å²) in [5.74, 6) is -1.28. The van der Waals surface area contributed by atoms with E-state index < -0.39 is 17.9 Å². The zero-order valence-electron chi connectivity index (χ0n) is 15.3. The number of rotatable bonds is 5. The Hall–Kier alpha value is -2.89. The number of para-hydroxylation sites is 1. The number of nitrogens with zero attached hydrogens (tertiary/aromatic N) is 2. The molecule has 2 aromatic rings. The van der Waals surface area contributed by atoms with Crippen LogP contribution in [0.4, 0.5) is 10.1 Å². The van der Waals surface area contributed by atoms with Gasteiger partial charge in [-0.3, -0.25) is 9.59 Å². The molecule has 3 rings (SSSR count). The molecule has 0 N–H and O–H groups in total. The average molecular weight is 370 g/mol. The van der Waals surface area contributed by atoms with E-state index in [-0.39, 0.29) is 17.9 Å². The van der Waals surface area contributed by atoms with Gasteiger partial charge in [-0.25, -0.2) is 4.39 Å². The molecule has 6 heteroatoms. The number of piperazine rings is 1. The van der Waals surface area contributed by atoms with E-state index in [0.717, 1.165) is 18.8 Å². The van der Waals surface area contributed by atoms with Crippen LogP contribution in [-0.2, 0) is 20.7 Å². The van der Waals surface area contributed by atoms with Crippen LogP contribution in [0.2, 0.25) is 0 Å². The molecule has 1 aliphatic heterocycles. The second-order valence-corrected chi connectivity index (χ2v) is 6.55. The molecule has 27 heavy (non-hydrogen) atoms. The first kappa shape index (κ1) is 18.9. The molecule has 1 saturated heterocycles. The van der Waals surface area contributed by atoms with Crippen LogP contribution in [0.25, 0.3) is 0 Å². The summed E-state index contributed by atoms with van der Waals surface area (Å²) in [6.07, 6.45) is -1.07. The lowest BCUT2D eigenvalue weighted by Gasteiger charge is -2.37. The summed E-state index contributed by atoms with van der Waals surface area (Å²) in [4.78, 5) is 28.5. The second kappa shape index (κ2) is 8.66. The molecule has 0 spiro atoms. The molecule has 0 bridgehead atoms. The van der Waals surface area contributed by atoms with Crippen molar-refractivity contribution in [3.8, 4) is 0 Å². The predicted octanol–water partition coefficient (Wildman–Crippen LogP) is 2.65. The topological polar surface area (TPSA) is 49.9 Å². The molecule has 142 valence electrons. The Morgan fingerprint density at radius 2 is 1.63 bits per heavy atom. The van der Waals surface area contributed by atoms with E-state index in [4.69, 9.17) is 4.74 Å². The second-order valence-electron chi connectivity index (χ2n) is 6.55. The minimum Gasteiger partial charge on any atom is -0.452 e. The number of carbonyl (C=O) groups is 2. The molecule has 1 amide bonds. The number of hydrogen-bond acceptors (Lipinski definition) is 4. The van der Waals surface area contributed by atoms with Crippen LogP contribution in [0.1, 0.15) is 12.5 Å². The number of halogens is 1. The first-order valence-electron chi connectivity index (χ1n) is 9.06. The third-order valence-corrected chi connectivity index (χ3v) is 4.66. The quantitative estimate of drug-likeness (QED) is 0.760. The van der Waals surface area contributed by atoms with Gasteiger partial charge in [-0.05, 0) is 30.7 Å². The van der Waals surface area contributed by atoms with Crippen LogP contribution in [0, 0.1) is 5.82 Å². The fourth-order valence-electron chi connectivity index (χ4n) is 3.17. The smallest absolute Gasteiger partial charge is 0.311 e. The highest BCUT2D eigenvalue weighted by Crippen LogP contribution is 2.16. The first-order chi connectivity index (χ1) is 13.0. The normalized spacial score (nSPS) is 15.3. The summed E-state index contributed by atoms with van der Waals surface area (Å²) in [6.45, 7) is 4.16. The summed E-state index contributed by atoms with van der Waals surface area (Å²) in [6, 6.07) is 16.1. The van der Waals surface area contributed by atoms with Crippen molar-refractivity contribution in [2.24, 2.45) is 0 Å². The van der Waals surface area contributed by atoms with Gasteiger partial charge in [-0.15, -0.1) is 0 Å². The van der Waals surface area contributed by atoms with Crippen molar-refractivity contribution in [3.63, 3.8) is 0 Å². The Morgan fingerprint density at radius 1 is 1.00 bits per heavy atom. The molecule has 1 atom stereocenters. The molecular weight excluding hydrogens is 347 g/mol. The van der Waals surface area contributed by atoms with Gasteiger partial charge in [0.25, 0.3) is 5.91 Å². The number of esters is 1. The molecule has 2 aromatic carbocycles. The van der Waals surface area contributed by atoms with Crippen LogP contribution in [-0.4, -0.2) is 49.1 Å². The van der Waals surface area contributed by atoms with Crippen molar-refractivity contribution in [1.29, 1.82) is 0 Å². The van der Waals surface area contributed by atoms with Crippen molar-refractivity contribution in [1.82, 2.24) is 4.90 Å². The maximum Gasteiger partial charge on any atom is 0.311 e. The molecule has 0 saturated carbocycles. The number of ether oxygens (including phenoxy) is 1. The van der Waals surface area contributed by atoms with Gasteiger partial charge in [0.05, 0.1) is 6.42 Å². The number of carbonyl (C=O) groups excluding carboxylic acids is 2. The molecular formula is C21H23FN2O3. The molecule has 0 aliphatic carbocycles. The molecule has 1 unspecified atom stereocenters. The number of hydrogen-bond donors (Lipinski definition) is 0. The standard InChI is InChI=1S/C21H23FN2O3/c1-16(27-20(25)15-17-7-5-6-10-19(17)22)21(26)24-13-11-23(12-14-24)18-8-3-2-4-9-18/h2-10,16H,11-15H2,1H3. The highest BCUT2D eigenvalue weighted by Gasteiger charge is 2.27. The van der Waals surface area contributed by atoms with E-state index >= 15 is 0 Å². The minimum absolute atomic E-state index is 0.188. The van der Waals surface area contributed by atoms with Crippen molar-refractivity contribution < 1.29 is 18.7 Å². The van der Waals surface area contributed by atoms with Gasteiger partial charge in [-0.1, -0.05) is 36.4 Å². The van der Waals surface area contributed by atoms with Gasteiger partial charge in [0.15, 0.2) is 6.10 Å². The van der Waals surface area contributed by atoms with E-state index in [1.54, 1.807) is 24.0 Å². The van der Waals surface area contributed by atoms with Gasteiger partial charge in [0.2, 0.25) is 0 Å². The van der Waals surface area contributed by atoms with Gasteiger partial charge in [-0.2, -0.15) is 0 Å². The minimum atomic E-state index is -0.882. The lowest BCUT2D eigenvalue weighted by molar-refractivity contribution is -0.158. The molecule has 1 fully saturated rings. The largest absolute Gasteiger partial charge is 0.452 e. The highest BCUT2D eigenvalue weighted by atomic mass is 19.1. The molecule has 1 aliphatic rings. The van der Waals surface area contributed by atoms with E-state index in [1.807, 2.05) is 30.3 Å². The Morgan fingerprint density at radius 3 is 2.30 bits per heavy atom. The molecule has 5 nitrogen and oxygen atoms in total. The monoisotopic (exact) mass is 370 g/mol. The fourth-order valence-corrected chi connectivity index (χ4v) is 3.17. The maximum atomic E-state index is 13.6. The third-order valence-electron chi connectivity index (χ3n) is 4.66. The Bertz CT molecular complexity index is 789.